The molecule has 0 atom stereocenters. The van der Waals surface area contributed by atoms with Gasteiger partial charge in [-0.05, 0) is 47.6 Å². The van der Waals surface area contributed by atoms with Crippen LogP contribution in [0.4, 0.5) is 5.69 Å². The molecule has 0 unspecified atom stereocenters. The molecule has 1 saturated heterocycles. The SMILES string of the molecule is Nc1cccc(-c2ccc(OCC(=O)N3CCCCCC3)c3ccccc23)c1. The van der Waals surface area contributed by atoms with E-state index in [4.69, 9.17) is 10.5 Å². The summed E-state index contributed by atoms with van der Waals surface area (Å²) in [6.45, 7) is 1.77. The Morgan fingerprint density at radius 3 is 2.39 bits per heavy atom. The maximum absolute atomic E-state index is 12.6. The molecule has 3 aromatic carbocycles. The molecule has 4 nitrogen and oxygen atoms in total. The van der Waals surface area contributed by atoms with Crippen molar-refractivity contribution in [2.75, 3.05) is 25.4 Å². The molecule has 2 N–H and O–H groups in total. The first kappa shape index (κ1) is 18.4. The third kappa shape index (κ3) is 3.96. The predicted octanol–water partition coefficient (Wildman–Crippen LogP) is 4.87. The fourth-order valence-electron chi connectivity index (χ4n) is 3.91. The van der Waals surface area contributed by atoms with Crippen molar-refractivity contribution in [2.24, 2.45) is 0 Å². The first-order valence-electron chi connectivity index (χ1n) is 10.0. The number of ether oxygens (including phenoxy) is 1. The molecule has 4 heteroatoms. The van der Waals surface area contributed by atoms with Crippen LogP contribution in [0.3, 0.4) is 0 Å². The van der Waals surface area contributed by atoms with Crippen molar-refractivity contribution < 1.29 is 9.53 Å². The number of carbonyl (C=O) groups is 1. The minimum Gasteiger partial charge on any atom is -0.483 e. The third-order valence-electron chi connectivity index (χ3n) is 5.39. The molecule has 144 valence electrons. The van der Waals surface area contributed by atoms with Crippen molar-refractivity contribution in [1.82, 2.24) is 4.90 Å². The van der Waals surface area contributed by atoms with Crippen LogP contribution in [-0.4, -0.2) is 30.5 Å². The van der Waals surface area contributed by atoms with E-state index in [0.717, 1.165) is 59.3 Å². The summed E-state index contributed by atoms with van der Waals surface area (Å²) in [7, 11) is 0. The normalized spacial score (nSPS) is 14.6. The minimum absolute atomic E-state index is 0.0749. The number of carbonyl (C=O) groups excluding carboxylic acids is 1. The highest BCUT2D eigenvalue weighted by Gasteiger charge is 2.17. The number of fused-ring (bicyclic) bond motifs is 1. The fourth-order valence-corrected chi connectivity index (χ4v) is 3.91. The van der Waals surface area contributed by atoms with Crippen molar-refractivity contribution in [3.05, 3.63) is 60.7 Å². The summed E-state index contributed by atoms with van der Waals surface area (Å²) in [6.07, 6.45) is 4.59. The molecular weight excluding hydrogens is 348 g/mol. The lowest BCUT2D eigenvalue weighted by molar-refractivity contribution is -0.133. The smallest absolute Gasteiger partial charge is 0.260 e. The molecule has 1 fully saturated rings. The number of likely N-dealkylation sites (tertiary alicyclic amines) is 1. The molecular formula is C24H26N2O2. The lowest BCUT2D eigenvalue weighted by Gasteiger charge is -2.21. The molecule has 0 bridgehead atoms. The van der Waals surface area contributed by atoms with Gasteiger partial charge < -0.3 is 15.4 Å². The summed E-state index contributed by atoms with van der Waals surface area (Å²) in [4.78, 5) is 14.5. The standard InChI is InChI=1S/C24H26N2O2/c25-19-9-7-8-18(16-19)20-12-13-23(22-11-4-3-10-21(20)22)28-17-24(27)26-14-5-1-2-6-15-26/h3-4,7-13,16H,1-2,5-6,14-15,17,25H2. The van der Waals surface area contributed by atoms with Gasteiger partial charge in [-0.2, -0.15) is 0 Å². The van der Waals surface area contributed by atoms with Crippen LogP contribution in [0.15, 0.2) is 60.7 Å². The Labute approximate surface area is 165 Å². The second kappa shape index (κ2) is 8.34. The molecule has 1 aliphatic rings. The number of rotatable bonds is 4. The Kier molecular flexibility index (Phi) is 5.47. The summed E-state index contributed by atoms with van der Waals surface area (Å²) in [5.74, 6) is 0.817. The average Bonchev–Trinajstić information content (AvgIpc) is 3.01. The first-order valence-corrected chi connectivity index (χ1v) is 10.0. The fraction of sp³-hybridized carbons (Fsp3) is 0.292. The lowest BCUT2D eigenvalue weighted by atomic mass is 9.97. The van der Waals surface area contributed by atoms with Crippen LogP contribution in [0.25, 0.3) is 21.9 Å². The van der Waals surface area contributed by atoms with Gasteiger partial charge in [0.15, 0.2) is 6.61 Å². The summed E-state index contributed by atoms with van der Waals surface area (Å²) in [5.41, 5.74) is 8.88. The van der Waals surface area contributed by atoms with Crippen molar-refractivity contribution in [1.29, 1.82) is 0 Å². The van der Waals surface area contributed by atoms with E-state index >= 15 is 0 Å². The molecule has 1 heterocycles. The van der Waals surface area contributed by atoms with E-state index in [9.17, 15) is 4.79 Å². The van der Waals surface area contributed by atoms with Crippen LogP contribution in [0.1, 0.15) is 25.7 Å². The number of amides is 1. The topological polar surface area (TPSA) is 55.6 Å². The number of benzene rings is 3. The first-order chi connectivity index (χ1) is 13.7. The van der Waals surface area contributed by atoms with Crippen LogP contribution in [0.5, 0.6) is 5.75 Å². The minimum atomic E-state index is 0.0749. The maximum atomic E-state index is 12.6. The van der Waals surface area contributed by atoms with Gasteiger partial charge >= 0.3 is 0 Å². The van der Waals surface area contributed by atoms with E-state index in [-0.39, 0.29) is 12.5 Å². The zero-order valence-corrected chi connectivity index (χ0v) is 16.1. The molecule has 0 spiro atoms. The number of nitrogen functional groups attached to an aromatic ring is 1. The lowest BCUT2D eigenvalue weighted by Crippen LogP contribution is -2.35. The van der Waals surface area contributed by atoms with Crippen molar-refractivity contribution in [3.63, 3.8) is 0 Å². The van der Waals surface area contributed by atoms with Gasteiger partial charge in [-0.15, -0.1) is 0 Å². The summed E-state index contributed by atoms with van der Waals surface area (Å²) in [5, 5.41) is 2.10. The van der Waals surface area contributed by atoms with Gasteiger partial charge in [-0.25, -0.2) is 0 Å². The Morgan fingerprint density at radius 1 is 0.893 bits per heavy atom. The summed E-state index contributed by atoms with van der Waals surface area (Å²) >= 11 is 0. The Hall–Kier alpha value is -3.01. The second-order valence-electron chi connectivity index (χ2n) is 7.37. The van der Waals surface area contributed by atoms with E-state index in [2.05, 4.69) is 12.1 Å². The Bertz CT molecular complexity index is 975. The highest BCUT2D eigenvalue weighted by molar-refractivity contribution is 6.00. The van der Waals surface area contributed by atoms with E-state index in [0.29, 0.717) is 0 Å². The van der Waals surface area contributed by atoms with Crippen molar-refractivity contribution in [2.45, 2.75) is 25.7 Å². The number of nitrogens with two attached hydrogens (primary N) is 1. The number of nitrogens with zero attached hydrogens (tertiary/aromatic N) is 1. The molecule has 3 aromatic rings. The number of hydrogen-bond acceptors (Lipinski definition) is 3. The van der Waals surface area contributed by atoms with Gasteiger partial charge in [0.1, 0.15) is 5.75 Å². The van der Waals surface area contributed by atoms with Gasteiger partial charge in [0.25, 0.3) is 5.91 Å². The molecule has 0 radical (unpaired) electrons. The number of hydrogen-bond donors (Lipinski definition) is 1. The maximum Gasteiger partial charge on any atom is 0.260 e. The highest BCUT2D eigenvalue weighted by Crippen LogP contribution is 2.35. The molecule has 0 aromatic heterocycles. The molecule has 0 saturated carbocycles. The van der Waals surface area contributed by atoms with Gasteiger partial charge in [0, 0.05) is 24.2 Å². The van der Waals surface area contributed by atoms with Crippen LogP contribution >= 0.6 is 0 Å². The average molecular weight is 374 g/mol. The third-order valence-corrected chi connectivity index (χ3v) is 5.39. The van der Waals surface area contributed by atoms with Gasteiger partial charge in [0.2, 0.25) is 0 Å². The molecule has 1 amide bonds. The quantitative estimate of drug-likeness (QED) is 0.663. The van der Waals surface area contributed by atoms with Crippen LogP contribution < -0.4 is 10.5 Å². The summed E-state index contributed by atoms with van der Waals surface area (Å²) < 4.78 is 5.97. The second-order valence-corrected chi connectivity index (χ2v) is 7.37. The van der Waals surface area contributed by atoms with Crippen LogP contribution in [0, 0.1) is 0 Å². The molecule has 4 rings (SSSR count). The van der Waals surface area contributed by atoms with Gasteiger partial charge in [-0.3, -0.25) is 4.79 Å². The van der Waals surface area contributed by atoms with Crippen LogP contribution in [0.2, 0.25) is 0 Å². The van der Waals surface area contributed by atoms with Crippen LogP contribution in [-0.2, 0) is 4.79 Å². The molecule has 0 aliphatic carbocycles. The zero-order chi connectivity index (χ0) is 19.3. The Balaban J connectivity index is 1.58. The highest BCUT2D eigenvalue weighted by atomic mass is 16.5. The van der Waals surface area contributed by atoms with E-state index in [1.807, 2.05) is 53.4 Å². The van der Waals surface area contributed by atoms with E-state index in [1.165, 1.54) is 12.8 Å². The zero-order valence-electron chi connectivity index (χ0n) is 16.1. The molecule has 28 heavy (non-hydrogen) atoms. The number of anilines is 1. The molecule has 1 aliphatic heterocycles. The van der Waals surface area contributed by atoms with E-state index < -0.39 is 0 Å². The van der Waals surface area contributed by atoms with Gasteiger partial charge in [-0.1, -0.05) is 55.3 Å². The summed E-state index contributed by atoms with van der Waals surface area (Å²) in [6, 6.07) is 20.0. The van der Waals surface area contributed by atoms with E-state index in [1.54, 1.807) is 0 Å². The van der Waals surface area contributed by atoms with Crippen molar-refractivity contribution >= 4 is 22.4 Å². The Morgan fingerprint density at radius 2 is 1.64 bits per heavy atom. The largest absolute Gasteiger partial charge is 0.483 e. The monoisotopic (exact) mass is 374 g/mol. The van der Waals surface area contributed by atoms with Crippen molar-refractivity contribution in [3.8, 4) is 16.9 Å². The predicted molar refractivity (Wildman–Crippen MR) is 114 cm³/mol. The van der Waals surface area contributed by atoms with Gasteiger partial charge in [0.05, 0.1) is 0 Å².